The van der Waals surface area contributed by atoms with Crippen molar-refractivity contribution in [3.63, 3.8) is 0 Å². The van der Waals surface area contributed by atoms with E-state index < -0.39 is 0 Å². The summed E-state index contributed by atoms with van der Waals surface area (Å²) in [5.41, 5.74) is 6.31. The summed E-state index contributed by atoms with van der Waals surface area (Å²) >= 11 is 0. The molecule has 164 valence electrons. The molecule has 0 spiro atoms. The molecule has 2 aromatic rings. The van der Waals surface area contributed by atoms with Gasteiger partial charge in [0.15, 0.2) is 0 Å². The van der Waals surface area contributed by atoms with Crippen LogP contribution in [0.4, 0.5) is 5.69 Å². The summed E-state index contributed by atoms with van der Waals surface area (Å²) in [6.45, 7) is 7.44. The Morgan fingerprint density at radius 2 is 1.48 bits per heavy atom. The minimum atomic E-state index is 0.163. The van der Waals surface area contributed by atoms with E-state index >= 15 is 0 Å². The van der Waals surface area contributed by atoms with Gasteiger partial charge in [-0.05, 0) is 81.0 Å². The van der Waals surface area contributed by atoms with Crippen LogP contribution in [0, 0.1) is 18.8 Å². The number of aryl methyl sites for hydroxylation is 1. The molecule has 1 saturated heterocycles. The maximum absolute atomic E-state index is 3.06. The van der Waals surface area contributed by atoms with E-state index in [1.165, 1.54) is 62.6 Å². The van der Waals surface area contributed by atoms with Gasteiger partial charge >= 0.3 is 0 Å². The Morgan fingerprint density at radius 1 is 0.839 bits per heavy atom. The fourth-order valence-corrected chi connectivity index (χ4v) is 8.10. The zero-order chi connectivity index (χ0) is 21.2. The lowest BCUT2D eigenvalue weighted by atomic mass is 9.77. The maximum Gasteiger partial charge on any atom is 0.0866 e. The molecule has 0 bridgehead atoms. The summed E-state index contributed by atoms with van der Waals surface area (Å²) in [6.07, 6.45) is 11.7. The minimum absolute atomic E-state index is 0.163. The standard InChI is InChI=1S/C29H38N2/c1-20-12-4-11-19-26(20)30-21(2)27-24-17-9-10-18-25(24)29(3,23-15-7-8-16-23)31(27)28(30)22-13-5-6-14-22/h4,9-12,17-19,21-23,27-28H,5-8,13-16H2,1-3H3/t21-,27?,28?,29?/m0/s1. The highest BCUT2D eigenvalue weighted by molar-refractivity contribution is 5.59. The highest BCUT2D eigenvalue weighted by atomic mass is 15.5. The van der Waals surface area contributed by atoms with Crippen molar-refractivity contribution in [1.29, 1.82) is 0 Å². The van der Waals surface area contributed by atoms with Gasteiger partial charge in [0.1, 0.15) is 0 Å². The minimum Gasteiger partial charge on any atom is -0.351 e. The first-order valence-corrected chi connectivity index (χ1v) is 12.8. The van der Waals surface area contributed by atoms with E-state index in [1.807, 2.05) is 0 Å². The van der Waals surface area contributed by atoms with Crippen LogP contribution in [-0.2, 0) is 5.54 Å². The smallest absolute Gasteiger partial charge is 0.0866 e. The van der Waals surface area contributed by atoms with Crippen LogP contribution in [0.1, 0.15) is 87.9 Å². The molecular formula is C29H38N2. The predicted molar refractivity (Wildman–Crippen MR) is 129 cm³/mol. The number of rotatable bonds is 3. The topological polar surface area (TPSA) is 6.48 Å². The fraction of sp³-hybridized carbons (Fsp3) is 0.586. The van der Waals surface area contributed by atoms with Gasteiger partial charge in [0, 0.05) is 17.3 Å². The molecule has 2 aliphatic heterocycles. The molecule has 4 atom stereocenters. The molecule has 2 aromatic carbocycles. The lowest BCUT2D eigenvalue weighted by Crippen LogP contribution is -2.54. The first-order chi connectivity index (χ1) is 15.1. The summed E-state index contributed by atoms with van der Waals surface area (Å²) in [5, 5.41) is 0. The van der Waals surface area contributed by atoms with Crippen molar-refractivity contribution in [2.45, 2.75) is 95.9 Å². The van der Waals surface area contributed by atoms with Crippen molar-refractivity contribution in [2.24, 2.45) is 11.8 Å². The molecule has 3 unspecified atom stereocenters. The lowest BCUT2D eigenvalue weighted by molar-refractivity contribution is 0.00220. The second-order valence-electron chi connectivity index (χ2n) is 11.0. The number of anilines is 1. The van der Waals surface area contributed by atoms with Gasteiger partial charge in [0.05, 0.1) is 12.2 Å². The first-order valence-electron chi connectivity index (χ1n) is 12.8. The summed E-state index contributed by atoms with van der Waals surface area (Å²) in [6, 6.07) is 19.6. The third-order valence-corrected chi connectivity index (χ3v) is 9.49. The maximum atomic E-state index is 3.06. The predicted octanol–water partition coefficient (Wildman–Crippen LogP) is 7.18. The second kappa shape index (κ2) is 7.37. The van der Waals surface area contributed by atoms with Crippen molar-refractivity contribution < 1.29 is 0 Å². The summed E-state index contributed by atoms with van der Waals surface area (Å²) in [5.74, 6) is 1.56. The van der Waals surface area contributed by atoms with Gasteiger partial charge in [-0.1, -0.05) is 68.1 Å². The molecule has 4 aliphatic rings. The van der Waals surface area contributed by atoms with Crippen LogP contribution in [0.15, 0.2) is 48.5 Å². The number of hydrogen-bond donors (Lipinski definition) is 0. The molecule has 0 amide bonds. The van der Waals surface area contributed by atoms with Gasteiger partial charge in [0.25, 0.3) is 0 Å². The summed E-state index contributed by atoms with van der Waals surface area (Å²) < 4.78 is 0. The largest absolute Gasteiger partial charge is 0.351 e. The van der Waals surface area contributed by atoms with E-state index in [9.17, 15) is 0 Å². The van der Waals surface area contributed by atoms with Gasteiger partial charge in [-0.25, -0.2) is 0 Å². The lowest BCUT2D eigenvalue weighted by Gasteiger charge is -2.47. The molecular weight excluding hydrogens is 376 g/mol. The van der Waals surface area contributed by atoms with Gasteiger partial charge in [0.2, 0.25) is 0 Å². The Balaban J connectivity index is 1.55. The van der Waals surface area contributed by atoms with Crippen molar-refractivity contribution in [3.8, 4) is 0 Å². The molecule has 3 fully saturated rings. The van der Waals surface area contributed by atoms with E-state index in [-0.39, 0.29) is 5.54 Å². The molecule has 0 aromatic heterocycles. The molecule has 0 radical (unpaired) electrons. The van der Waals surface area contributed by atoms with Crippen LogP contribution in [0.5, 0.6) is 0 Å². The highest BCUT2D eigenvalue weighted by Crippen LogP contribution is 2.61. The molecule has 2 saturated carbocycles. The van der Waals surface area contributed by atoms with Gasteiger partial charge in [-0.3, -0.25) is 4.90 Å². The zero-order valence-electron chi connectivity index (χ0n) is 19.6. The van der Waals surface area contributed by atoms with E-state index in [0.717, 1.165) is 11.8 Å². The molecule has 2 heteroatoms. The monoisotopic (exact) mass is 414 g/mol. The number of para-hydroxylation sites is 1. The quantitative estimate of drug-likeness (QED) is 0.525. The summed E-state index contributed by atoms with van der Waals surface area (Å²) in [7, 11) is 0. The van der Waals surface area contributed by atoms with Crippen LogP contribution >= 0.6 is 0 Å². The second-order valence-corrected chi connectivity index (χ2v) is 11.0. The Labute approximate surface area is 188 Å². The van der Waals surface area contributed by atoms with Gasteiger partial charge in [-0.2, -0.15) is 0 Å². The third kappa shape index (κ3) is 2.73. The van der Waals surface area contributed by atoms with Crippen LogP contribution in [0.2, 0.25) is 0 Å². The number of fused-ring (bicyclic) bond motifs is 3. The Kier molecular flexibility index (Phi) is 4.72. The first kappa shape index (κ1) is 19.9. The van der Waals surface area contributed by atoms with Crippen molar-refractivity contribution in [1.82, 2.24) is 4.90 Å². The number of hydrogen-bond acceptors (Lipinski definition) is 2. The highest BCUT2D eigenvalue weighted by Gasteiger charge is 2.62. The molecule has 6 rings (SSSR count). The number of nitrogens with zero attached hydrogens (tertiary/aromatic N) is 2. The van der Waals surface area contributed by atoms with Crippen LogP contribution in [-0.4, -0.2) is 17.1 Å². The fourth-order valence-electron chi connectivity index (χ4n) is 8.10. The normalized spacial score (nSPS) is 33.9. The van der Waals surface area contributed by atoms with Crippen LogP contribution < -0.4 is 4.90 Å². The van der Waals surface area contributed by atoms with Crippen LogP contribution in [0.25, 0.3) is 0 Å². The van der Waals surface area contributed by atoms with Crippen molar-refractivity contribution in [3.05, 3.63) is 65.2 Å². The van der Waals surface area contributed by atoms with Crippen LogP contribution in [0.3, 0.4) is 0 Å². The Bertz CT molecular complexity index is 955. The van der Waals surface area contributed by atoms with E-state index in [2.05, 4.69) is 79.1 Å². The molecule has 2 heterocycles. The van der Waals surface area contributed by atoms with E-state index in [4.69, 9.17) is 0 Å². The average molecular weight is 415 g/mol. The van der Waals surface area contributed by atoms with Gasteiger partial charge < -0.3 is 4.90 Å². The van der Waals surface area contributed by atoms with E-state index in [0.29, 0.717) is 18.2 Å². The third-order valence-electron chi connectivity index (χ3n) is 9.49. The average Bonchev–Trinajstić information content (AvgIpc) is 3.56. The Hall–Kier alpha value is -1.80. The van der Waals surface area contributed by atoms with Crippen molar-refractivity contribution >= 4 is 5.69 Å². The molecule has 2 aliphatic carbocycles. The SMILES string of the molecule is Cc1ccccc1N1C(C2CCCC2)N2C(c3ccccc3C2(C)C2CCCC2)[C@@H]1C. The zero-order valence-corrected chi connectivity index (χ0v) is 19.6. The molecule has 31 heavy (non-hydrogen) atoms. The van der Waals surface area contributed by atoms with Gasteiger partial charge in [-0.15, -0.1) is 0 Å². The molecule has 0 N–H and O–H groups in total. The summed E-state index contributed by atoms with van der Waals surface area (Å²) in [4.78, 5) is 5.92. The van der Waals surface area contributed by atoms with E-state index in [1.54, 1.807) is 11.1 Å². The number of benzene rings is 2. The Morgan fingerprint density at radius 3 is 2.23 bits per heavy atom. The van der Waals surface area contributed by atoms with Crippen molar-refractivity contribution in [2.75, 3.05) is 4.90 Å². The molecule has 2 nitrogen and oxygen atoms in total.